The molecule has 6 nitrogen and oxygen atoms in total. The molecule has 0 aromatic heterocycles. The van der Waals surface area contributed by atoms with Crippen LogP contribution in [0.15, 0.2) is 24.3 Å². The molecule has 4 N–H and O–H groups in total. The summed E-state index contributed by atoms with van der Waals surface area (Å²) in [7, 11) is 0. The molecule has 1 saturated heterocycles. The third kappa shape index (κ3) is 6.48. The molecule has 2 rings (SSSR count). The molecule has 2 amide bonds. The Morgan fingerprint density at radius 3 is 2.40 bits per heavy atom. The van der Waals surface area contributed by atoms with Crippen LogP contribution in [0.25, 0.3) is 0 Å². The van der Waals surface area contributed by atoms with E-state index in [4.69, 9.17) is 5.73 Å². The van der Waals surface area contributed by atoms with Gasteiger partial charge in [-0.2, -0.15) is 0 Å². The maximum atomic E-state index is 12.1. The second-order valence-electron chi connectivity index (χ2n) is 7.11. The summed E-state index contributed by atoms with van der Waals surface area (Å²) in [5, 5.41) is 5.73. The molecule has 0 saturated carbocycles. The van der Waals surface area contributed by atoms with Crippen molar-refractivity contribution >= 4 is 17.5 Å². The highest BCUT2D eigenvalue weighted by Gasteiger charge is 2.15. The summed E-state index contributed by atoms with van der Waals surface area (Å²) < 4.78 is 0. The fourth-order valence-corrected chi connectivity index (χ4v) is 2.99. The normalized spacial score (nSPS) is 16.0. The van der Waals surface area contributed by atoms with Crippen molar-refractivity contribution in [2.45, 2.75) is 39.2 Å². The zero-order valence-corrected chi connectivity index (χ0v) is 15.3. The van der Waals surface area contributed by atoms with Gasteiger partial charge in [-0.15, -0.1) is 0 Å². The largest absolute Gasteiger partial charge is 0.351 e. The van der Waals surface area contributed by atoms with Crippen LogP contribution < -0.4 is 16.4 Å². The molecule has 1 aliphatic heterocycles. The summed E-state index contributed by atoms with van der Waals surface area (Å²) >= 11 is 0. The summed E-state index contributed by atoms with van der Waals surface area (Å²) in [6.45, 7) is 7.87. The molecular formula is C19H30N4O2. The molecule has 0 unspecified atom stereocenters. The molecule has 138 valence electrons. The maximum absolute atomic E-state index is 12.1. The van der Waals surface area contributed by atoms with E-state index < -0.39 is 6.04 Å². The molecule has 0 radical (unpaired) electrons. The standard InChI is InChI=1S/C19H30N4O2/c1-14(2)13-17(20)19(25)22-16-7-5-15(6-8-16)18(24)21-9-12-23-10-3-4-11-23/h5-8,14,17H,3-4,9-13,20H2,1-2H3,(H,21,24)(H,22,25)/t17-/m0/s1. The molecule has 1 aliphatic rings. The molecule has 1 heterocycles. The summed E-state index contributed by atoms with van der Waals surface area (Å²) in [6, 6.07) is 6.38. The van der Waals surface area contributed by atoms with Crippen molar-refractivity contribution in [2.75, 3.05) is 31.5 Å². The fourth-order valence-electron chi connectivity index (χ4n) is 2.99. The van der Waals surface area contributed by atoms with Crippen molar-refractivity contribution < 1.29 is 9.59 Å². The molecule has 0 spiro atoms. The predicted octanol–water partition coefficient (Wildman–Crippen LogP) is 1.82. The van der Waals surface area contributed by atoms with Crippen LogP contribution >= 0.6 is 0 Å². The smallest absolute Gasteiger partial charge is 0.251 e. The third-order valence-electron chi connectivity index (χ3n) is 4.39. The van der Waals surface area contributed by atoms with Gasteiger partial charge in [0.2, 0.25) is 5.91 Å². The van der Waals surface area contributed by atoms with E-state index in [0.717, 1.165) is 19.6 Å². The maximum Gasteiger partial charge on any atom is 0.251 e. The Hall–Kier alpha value is -1.92. The first-order valence-electron chi connectivity index (χ1n) is 9.13. The van der Waals surface area contributed by atoms with E-state index in [1.165, 1.54) is 12.8 Å². The number of nitrogens with two attached hydrogens (primary N) is 1. The second kappa shape index (κ2) is 9.53. The summed E-state index contributed by atoms with van der Waals surface area (Å²) in [5.74, 6) is 0.0810. The highest BCUT2D eigenvalue weighted by atomic mass is 16.2. The molecule has 1 aromatic rings. The van der Waals surface area contributed by atoms with Gasteiger partial charge in [-0.05, 0) is 62.5 Å². The van der Waals surface area contributed by atoms with Crippen LogP contribution in [0.3, 0.4) is 0 Å². The number of likely N-dealkylation sites (tertiary alicyclic amines) is 1. The minimum Gasteiger partial charge on any atom is -0.351 e. The fraction of sp³-hybridized carbons (Fsp3) is 0.579. The zero-order valence-electron chi connectivity index (χ0n) is 15.3. The number of anilines is 1. The van der Waals surface area contributed by atoms with Crippen molar-refractivity contribution in [2.24, 2.45) is 11.7 Å². The first kappa shape index (κ1) is 19.4. The molecule has 25 heavy (non-hydrogen) atoms. The minimum atomic E-state index is -0.520. The quantitative estimate of drug-likeness (QED) is 0.670. The predicted molar refractivity (Wildman–Crippen MR) is 101 cm³/mol. The Labute approximate surface area is 150 Å². The lowest BCUT2D eigenvalue weighted by Gasteiger charge is -2.15. The Bertz CT molecular complexity index is 565. The topological polar surface area (TPSA) is 87.5 Å². The highest BCUT2D eigenvalue weighted by molar-refractivity contribution is 5.97. The lowest BCUT2D eigenvalue weighted by Crippen LogP contribution is -2.36. The molecule has 6 heteroatoms. The van der Waals surface area contributed by atoms with E-state index in [9.17, 15) is 9.59 Å². The Morgan fingerprint density at radius 1 is 1.16 bits per heavy atom. The number of nitrogens with one attached hydrogen (secondary N) is 2. The van der Waals surface area contributed by atoms with Gasteiger partial charge in [0, 0.05) is 24.3 Å². The number of hydrogen-bond acceptors (Lipinski definition) is 4. The van der Waals surface area contributed by atoms with Crippen LogP contribution in [0.2, 0.25) is 0 Å². The van der Waals surface area contributed by atoms with E-state index in [1.54, 1.807) is 24.3 Å². The van der Waals surface area contributed by atoms with Crippen LogP contribution in [-0.4, -0.2) is 48.9 Å². The molecule has 1 aromatic carbocycles. The van der Waals surface area contributed by atoms with Crippen molar-refractivity contribution in [3.05, 3.63) is 29.8 Å². The lowest BCUT2D eigenvalue weighted by atomic mass is 10.0. The summed E-state index contributed by atoms with van der Waals surface area (Å²) in [6.07, 6.45) is 3.15. The zero-order chi connectivity index (χ0) is 18.2. The number of carbonyl (C=O) groups is 2. The lowest BCUT2D eigenvalue weighted by molar-refractivity contribution is -0.117. The number of nitrogens with zero attached hydrogens (tertiary/aromatic N) is 1. The van der Waals surface area contributed by atoms with E-state index >= 15 is 0 Å². The van der Waals surface area contributed by atoms with Gasteiger partial charge < -0.3 is 21.3 Å². The van der Waals surface area contributed by atoms with Gasteiger partial charge in [0.1, 0.15) is 0 Å². The first-order chi connectivity index (χ1) is 12.0. The number of carbonyl (C=O) groups excluding carboxylic acids is 2. The van der Waals surface area contributed by atoms with Crippen LogP contribution in [0.4, 0.5) is 5.69 Å². The van der Waals surface area contributed by atoms with Gasteiger partial charge in [0.05, 0.1) is 6.04 Å². The Kier molecular flexibility index (Phi) is 7.40. The average Bonchev–Trinajstić information content (AvgIpc) is 3.08. The third-order valence-corrected chi connectivity index (χ3v) is 4.39. The SMILES string of the molecule is CC(C)C[C@H](N)C(=O)Nc1ccc(C(=O)NCCN2CCCC2)cc1. The summed E-state index contributed by atoms with van der Waals surface area (Å²) in [5.41, 5.74) is 7.11. The van der Waals surface area contributed by atoms with Gasteiger partial charge in [0.25, 0.3) is 5.91 Å². The van der Waals surface area contributed by atoms with Gasteiger partial charge in [0.15, 0.2) is 0 Å². The number of hydrogen-bond donors (Lipinski definition) is 3. The minimum absolute atomic E-state index is 0.0893. The van der Waals surface area contributed by atoms with Crippen molar-refractivity contribution in [1.29, 1.82) is 0 Å². The van der Waals surface area contributed by atoms with E-state index in [0.29, 0.717) is 30.1 Å². The first-order valence-corrected chi connectivity index (χ1v) is 9.13. The Morgan fingerprint density at radius 2 is 1.80 bits per heavy atom. The number of amides is 2. The monoisotopic (exact) mass is 346 g/mol. The van der Waals surface area contributed by atoms with Crippen molar-refractivity contribution in [3.63, 3.8) is 0 Å². The number of benzene rings is 1. The van der Waals surface area contributed by atoms with Crippen molar-refractivity contribution in [3.8, 4) is 0 Å². The van der Waals surface area contributed by atoms with Gasteiger partial charge in [-0.1, -0.05) is 13.8 Å². The molecular weight excluding hydrogens is 316 g/mol. The van der Waals surface area contributed by atoms with Crippen LogP contribution in [0.5, 0.6) is 0 Å². The number of rotatable bonds is 8. The molecule has 0 aliphatic carbocycles. The van der Waals surface area contributed by atoms with E-state index in [-0.39, 0.29) is 11.8 Å². The average molecular weight is 346 g/mol. The van der Waals surface area contributed by atoms with Crippen LogP contribution in [0, 0.1) is 5.92 Å². The Balaban J connectivity index is 1.78. The van der Waals surface area contributed by atoms with Gasteiger partial charge in [-0.3, -0.25) is 9.59 Å². The molecule has 1 atom stereocenters. The second-order valence-corrected chi connectivity index (χ2v) is 7.11. The van der Waals surface area contributed by atoms with Crippen LogP contribution in [0.1, 0.15) is 43.5 Å². The van der Waals surface area contributed by atoms with Gasteiger partial charge >= 0.3 is 0 Å². The molecule has 0 bridgehead atoms. The highest BCUT2D eigenvalue weighted by Crippen LogP contribution is 2.11. The van der Waals surface area contributed by atoms with Crippen LogP contribution in [-0.2, 0) is 4.79 Å². The van der Waals surface area contributed by atoms with Gasteiger partial charge in [-0.25, -0.2) is 0 Å². The van der Waals surface area contributed by atoms with E-state index in [1.807, 2.05) is 13.8 Å². The van der Waals surface area contributed by atoms with E-state index in [2.05, 4.69) is 15.5 Å². The summed E-state index contributed by atoms with van der Waals surface area (Å²) in [4.78, 5) is 26.5. The molecule has 1 fully saturated rings. The van der Waals surface area contributed by atoms with Crippen molar-refractivity contribution in [1.82, 2.24) is 10.2 Å².